The summed E-state index contributed by atoms with van der Waals surface area (Å²) in [5.74, 6) is 0.280. The quantitative estimate of drug-likeness (QED) is 0.718. The molecule has 0 saturated carbocycles. The van der Waals surface area contributed by atoms with E-state index >= 15 is 0 Å². The van der Waals surface area contributed by atoms with Gasteiger partial charge in [0.05, 0.1) is 6.54 Å². The van der Waals surface area contributed by atoms with Gasteiger partial charge in [-0.2, -0.15) is 0 Å². The number of nitrogens with zero attached hydrogens (tertiary/aromatic N) is 1. The molecule has 0 fully saturated rings. The lowest BCUT2D eigenvalue weighted by Crippen LogP contribution is -2.16. The van der Waals surface area contributed by atoms with Crippen LogP contribution in [0.1, 0.15) is 13.8 Å². The fraction of sp³-hybridized carbons (Fsp3) is 0.364. The molecule has 2 rings (SSSR count). The summed E-state index contributed by atoms with van der Waals surface area (Å²) in [7, 11) is 0. The number of hydrogen-bond acceptors (Lipinski definition) is 4. The zero-order valence-corrected chi connectivity index (χ0v) is 9.64. The number of aromatic hydroxyl groups is 1. The zero-order valence-electron chi connectivity index (χ0n) is 8.82. The summed E-state index contributed by atoms with van der Waals surface area (Å²) in [5.41, 5.74) is 0.955. The summed E-state index contributed by atoms with van der Waals surface area (Å²) in [6, 6.07) is 6.99. The van der Waals surface area contributed by atoms with Gasteiger partial charge in [0, 0.05) is 10.4 Å². The number of amidine groups is 1. The molecule has 0 saturated heterocycles. The number of anilines is 1. The Bertz CT molecular complexity index is 384. The molecule has 1 aromatic rings. The van der Waals surface area contributed by atoms with Crippen molar-refractivity contribution in [2.45, 2.75) is 18.6 Å². The average Bonchev–Trinajstić information content (AvgIpc) is 2.50. The van der Waals surface area contributed by atoms with Gasteiger partial charge in [0.15, 0.2) is 5.17 Å². The van der Waals surface area contributed by atoms with Gasteiger partial charge in [-0.05, 0) is 38.1 Å². The van der Waals surface area contributed by atoms with Gasteiger partial charge in [0.1, 0.15) is 5.75 Å². The number of phenolic OH excluding ortho intramolecular Hbond substituents is 1. The maximum atomic E-state index is 9.14. The Hall–Kier alpha value is -1.16. The van der Waals surface area contributed by atoms with Crippen molar-refractivity contribution in [1.82, 2.24) is 0 Å². The van der Waals surface area contributed by atoms with Gasteiger partial charge < -0.3 is 10.4 Å². The predicted molar refractivity (Wildman–Crippen MR) is 65.7 cm³/mol. The van der Waals surface area contributed by atoms with E-state index in [4.69, 9.17) is 5.11 Å². The lowest BCUT2D eigenvalue weighted by molar-refractivity contribution is 0.475. The first kappa shape index (κ1) is 10.4. The molecule has 4 heteroatoms. The minimum absolute atomic E-state index is 0.194. The maximum Gasteiger partial charge on any atom is 0.161 e. The van der Waals surface area contributed by atoms with E-state index in [1.165, 1.54) is 0 Å². The summed E-state index contributed by atoms with van der Waals surface area (Å²) in [4.78, 5) is 4.41. The van der Waals surface area contributed by atoms with Crippen LogP contribution in [0.3, 0.4) is 0 Å². The lowest BCUT2D eigenvalue weighted by Gasteiger charge is -2.14. The lowest BCUT2D eigenvalue weighted by atomic mass is 10.2. The summed E-state index contributed by atoms with van der Waals surface area (Å²) in [6.45, 7) is 5.19. The number of thioether (sulfide) groups is 1. The highest BCUT2D eigenvalue weighted by Crippen LogP contribution is 2.32. The molecule has 0 radical (unpaired) electrons. The minimum Gasteiger partial charge on any atom is -0.508 e. The molecule has 0 unspecified atom stereocenters. The summed E-state index contributed by atoms with van der Waals surface area (Å²) in [6.07, 6.45) is 0. The molecule has 1 heterocycles. The Labute approximate surface area is 93.6 Å². The van der Waals surface area contributed by atoms with Crippen LogP contribution in [0.15, 0.2) is 29.3 Å². The molecular weight excluding hydrogens is 208 g/mol. The van der Waals surface area contributed by atoms with Gasteiger partial charge in [0.2, 0.25) is 0 Å². The predicted octanol–water partition coefficient (Wildman–Crippen LogP) is 2.69. The van der Waals surface area contributed by atoms with E-state index < -0.39 is 0 Å². The third kappa shape index (κ3) is 2.65. The van der Waals surface area contributed by atoms with E-state index in [0.717, 1.165) is 17.4 Å². The molecule has 0 amide bonds. The van der Waals surface area contributed by atoms with E-state index in [-0.39, 0.29) is 10.5 Å². The van der Waals surface area contributed by atoms with E-state index in [9.17, 15) is 0 Å². The molecule has 0 atom stereocenters. The second-order valence-electron chi connectivity index (χ2n) is 4.16. The van der Waals surface area contributed by atoms with Crippen molar-refractivity contribution in [3.05, 3.63) is 24.3 Å². The smallest absolute Gasteiger partial charge is 0.161 e. The number of phenols is 1. The van der Waals surface area contributed by atoms with Crippen LogP contribution in [0.4, 0.5) is 5.69 Å². The first-order valence-corrected chi connectivity index (χ1v) is 5.66. The van der Waals surface area contributed by atoms with Crippen molar-refractivity contribution in [2.24, 2.45) is 4.99 Å². The molecule has 2 N–H and O–H groups in total. The monoisotopic (exact) mass is 222 g/mol. The Balaban J connectivity index is 2.02. The molecule has 80 valence electrons. The van der Waals surface area contributed by atoms with Gasteiger partial charge in [0.25, 0.3) is 0 Å². The van der Waals surface area contributed by atoms with Gasteiger partial charge in [-0.1, -0.05) is 11.8 Å². The van der Waals surface area contributed by atoms with Crippen molar-refractivity contribution in [3.8, 4) is 5.75 Å². The number of aliphatic imine (C=N–C) groups is 1. The SMILES string of the molecule is CC1(C)CN=C(Nc2ccc(O)cc2)S1. The Morgan fingerprint density at radius 3 is 2.53 bits per heavy atom. The van der Waals surface area contributed by atoms with E-state index in [2.05, 4.69) is 24.2 Å². The third-order valence-corrected chi connectivity index (χ3v) is 3.20. The van der Waals surface area contributed by atoms with Crippen LogP contribution >= 0.6 is 11.8 Å². The summed E-state index contributed by atoms with van der Waals surface area (Å²) >= 11 is 1.74. The Kier molecular flexibility index (Phi) is 2.61. The second-order valence-corrected chi connectivity index (χ2v) is 5.85. The highest BCUT2D eigenvalue weighted by molar-refractivity contribution is 8.15. The topological polar surface area (TPSA) is 44.6 Å². The van der Waals surface area contributed by atoms with Crippen LogP contribution in [-0.2, 0) is 0 Å². The molecule has 1 aliphatic rings. The Morgan fingerprint density at radius 2 is 2.00 bits per heavy atom. The number of rotatable bonds is 1. The van der Waals surface area contributed by atoms with Gasteiger partial charge in [-0.3, -0.25) is 4.99 Å². The highest BCUT2D eigenvalue weighted by atomic mass is 32.2. The summed E-state index contributed by atoms with van der Waals surface area (Å²) < 4.78 is 0.194. The molecule has 0 aromatic heterocycles. The molecule has 15 heavy (non-hydrogen) atoms. The first-order chi connectivity index (χ1) is 7.05. The fourth-order valence-electron chi connectivity index (χ4n) is 1.32. The second kappa shape index (κ2) is 3.77. The first-order valence-electron chi connectivity index (χ1n) is 4.85. The molecule has 0 bridgehead atoms. The van der Waals surface area contributed by atoms with Crippen LogP contribution in [0.2, 0.25) is 0 Å². The maximum absolute atomic E-state index is 9.14. The largest absolute Gasteiger partial charge is 0.508 e. The number of benzene rings is 1. The average molecular weight is 222 g/mol. The number of hydrogen-bond donors (Lipinski definition) is 2. The van der Waals surface area contributed by atoms with E-state index in [1.807, 2.05) is 12.1 Å². The molecule has 1 aliphatic heterocycles. The summed E-state index contributed by atoms with van der Waals surface area (Å²) in [5, 5.41) is 13.3. The van der Waals surface area contributed by atoms with Crippen molar-refractivity contribution in [1.29, 1.82) is 0 Å². The third-order valence-electron chi connectivity index (χ3n) is 2.09. The van der Waals surface area contributed by atoms with Crippen LogP contribution in [-0.4, -0.2) is 21.6 Å². The standard InChI is InChI=1S/C11H14N2OS/c1-11(2)7-12-10(15-11)13-8-3-5-9(14)6-4-8/h3-6,14H,7H2,1-2H3,(H,12,13). The minimum atomic E-state index is 0.194. The number of nitrogens with one attached hydrogen (secondary N) is 1. The van der Waals surface area contributed by atoms with Crippen LogP contribution in [0, 0.1) is 0 Å². The van der Waals surface area contributed by atoms with Gasteiger partial charge in [-0.25, -0.2) is 0 Å². The fourth-order valence-corrected chi connectivity index (χ4v) is 2.27. The van der Waals surface area contributed by atoms with Crippen LogP contribution in [0.5, 0.6) is 5.75 Å². The molecule has 0 spiro atoms. The Morgan fingerprint density at radius 1 is 1.33 bits per heavy atom. The zero-order chi connectivity index (χ0) is 10.9. The van der Waals surface area contributed by atoms with Crippen molar-refractivity contribution in [3.63, 3.8) is 0 Å². The van der Waals surface area contributed by atoms with E-state index in [1.54, 1.807) is 23.9 Å². The van der Waals surface area contributed by atoms with Gasteiger partial charge in [-0.15, -0.1) is 0 Å². The van der Waals surface area contributed by atoms with Crippen molar-refractivity contribution in [2.75, 3.05) is 11.9 Å². The normalized spacial score (nSPS) is 18.7. The highest BCUT2D eigenvalue weighted by Gasteiger charge is 2.26. The molecular formula is C11H14N2OS. The van der Waals surface area contributed by atoms with Crippen molar-refractivity contribution < 1.29 is 5.11 Å². The molecule has 1 aromatic carbocycles. The molecule has 0 aliphatic carbocycles. The van der Waals surface area contributed by atoms with Crippen LogP contribution < -0.4 is 5.32 Å². The van der Waals surface area contributed by atoms with E-state index in [0.29, 0.717) is 0 Å². The van der Waals surface area contributed by atoms with Crippen molar-refractivity contribution >= 4 is 22.6 Å². The van der Waals surface area contributed by atoms with Crippen LogP contribution in [0.25, 0.3) is 0 Å². The molecule has 3 nitrogen and oxygen atoms in total. The van der Waals surface area contributed by atoms with Gasteiger partial charge >= 0.3 is 0 Å².